The molecule has 0 bridgehead atoms. The van der Waals surface area contributed by atoms with Crippen LogP contribution in [-0.4, -0.2) is 35.7 Å². The van der Waals surface area contributed by atoms with E-state index in [4.69, 9.17) is 0 Å². The van der Waals surface area contributed by atoms with Gasteiger partial charge in [-0.1, -0.05) is 6.92 Å². The lowest BCUT2D eigenvalue weighted by Crippen LogP contribution is -2.40. The summed E-state index contributed by atoms with van der Waals surface area (Å²) in [7, 11) is 0. The maximum Gasteiger partial charge on any atom is 0.293 e. The van der Waals surface area contributed by atoms with Crippen LogP contribution in [0, 0.1) is 5.92 Å². The van der Waals surface area contributed by atoms with Gasteiger partial charge in [0, 0.05) is 31.5 Å². The number of hydrogen-bond acceptors (Lipinski definition) is 4. The molecule has 1 N–H and O–H groups in total. The Kier molecular flexibility index (Phi) is 4.58. The average Bonchev–Trinajstić information content (AvgIpc) is 3.33. The summed E-state index contributed by atoms with van der Waals surface area (Å²) in [5.41, 5.74) is 0.0994. The van der Waals surface area contributed by atoms with E-state index in [0.717, 1.165) is 45.4 Å². The molecule has 3 rings (SSSR count). The molecule has 21 heavy (non-hydrogen) atoms. The number of rotatable bonds is 6. The highest BCUT2D eigenvalue weighted by Gasteiger charge is 2.27. The van der Waals surface area contributed by atoms with Crippen molar-refractivity contribution in [2.24, 2.45) is 5.92 Å². The summed E-state index contributed by atoms with van der Waals surface area (Å²) in [6, 6.07) is 0.418. The number of nitrogens with zero attached hydrogens (tertiary/aromatic N) is 3. The molecule has 1 saturated heterocycles. The van der Waals surface area contributed by atoms with E-state index < -0.39 is 0 Å². The van der Waals surface area contributed by atoms with Crippen molar-refractivity contribution in [2.75, 3.05) is 31.1 Å². The van der Waals surface area contributed by atoms with Crippen molar-refractivity contribution >= 4 is 5.82 Å². The molecule has 1 saturated carbocycles. The molecule has 1 aliphatic carbocycles. The van der Waals surface area contributed by atoms with Crippen LogP contribution >= 0.6 is 0 Å². The number of aromatic nitrogens is 2. The van der Waals surface area contributed by atoms with Gasteiger partial charge in [0.25, 0.3) is 5.56 Å². The largest absolute Gasteiger partial charge is 0.352 e. The van der Waals surface area contributed by atoms with Crippen molar-refractivity contribution in [3.63, 3.8) is 0 Å². The van der Waals surface area contributed by atoms with Gasteiger partial charge in [-0.05, 0) is 51.1 Å². The number of piperidine rings is 1. The van der Waals surface area contributed by atoms with Gasteiger partial charge < -0.3 is 14.8 Å². The van der Waals surface area contributed by atoms with Crippen LogP contribution in [0.5, 0.6) is 0 Å². The summed E-state index contributed by atoms with van der Waals surface area (Å²) in [6.45, 7) is 6.24. The van der Waals surface area contributed by atoms with Gasteiger partial charge in [0.2, 0.25) is 0 Å². The predicted octanol–water partition coefficient (Wildman–Crippen LogP) is 1.79. The van der Waals surface area contributed by atoms with Crippen LogP contribution in [0.3, 0.4) is 0 Å². The Morgan fingerprint density at radius 1 is 1.33 bits per heavy atom. The molecular weight excluding hydrogens is 264 g/mol. The lowest BCUT2D eigenvalue weighted by atomic mass is 9.97. The Hall–Kier alpha value is -1.36. The second-order valence-corrected chi connectivity index (χ2v) is 6.33. The SMILES string of the molecule is CCCN(CC1CCNCC1)c1nccn(C2CC2)c1=O. The molecule has 0 amide bonds. The van der Waals surface area contributed by atoms with E-state index in [1.54, 1.807) is 6.20 Å². The van der Waals surface area contributed by atoms with Crippen molar-refractivity contribution in [3.05, 3.63) is 22.7 Å². The summed E-state index contributed by atoms with van der Waals surface area (Å²) in [4.78, 5) is 19.3. The lowest BCUT2D eigenvalue weighted by molar-refractivity contribution is 0.372. The van der Waals surface area contributed by atoms with Gasteiger partial charge >= 0.3 is 0 Å². The van der Waals surface area contributed by atoms with Crippen LogP contribution in [0.15, 0.2) is 17.2 Å². The number of hydrogen-bond donors (Lipinski definition) is 1. The topological polar surface area (TPSA) is 50.2 Å². The highest BCUT2D eigenvalue weighted by atomic mass is 16.1. The molecule has 5 heteroatoms. The summed E-state index contributed by atoms with van der Waals surface area (Å²) >= 11 is 0. The molecule has 0 atom stereocenters. The van der Waals surface area contributed by atoms with Gasteiger partial charge in [0.15, 0.2) is 5.82 Å². The minimum absolute atomic E-state index is 0.0994. The number of anilines is 1. The molecule has 0 unspecified atom stereocenters. The van der Waals surface area contributed by atoms with Crippen LogP contribution in [0.4, 0.5) is 5.82 Å². The fourth-order valence-corrected chi connectivity index (χ4v) is 3.20. The highest BCUT2D eigenvalue weighted by molar-refractivity contribution is 5.36. The molecule has 0 spiro atoms. The third-order valence-corrected chi connectivity index (χ3v) is 4.52. The quantitative estimate of drug-likeness (QED) is 0.868. The summed E-state index contributed by atoms with van der Waals surface area (Å²) in [5, 5.41) is 3.40. The average molecular weight is 290 g/mol. The van der Waals surface area contributed by atoms with Gasteiger partial charge in [0.1, 0.15) is 0 Å². The lowest BCUT2D eigenvalue weighted by Gasteiger charge is -2.30. The van der Waals surface area contributed by atoms with Crippen LogP contribution in [-0.2, 0) is 0 Å². The van der Waals surface area contributed by atoms with Gasteiger partial charge in [-0.15, -0.1) is 0 Å². The van der Waals surface area contributed by atoms with Crippen LogP contribution < -0.4 is 15.8 Å². The third kappa shape index (κ3) is 3.46. The smallest absolute Gasteiger partial charge is 0.293 e. The van der Waals surface area contributed by atoms with Gasteiger partial charge in [-0.2, -0.15) is 0 Å². The van der Waals surface area contributed by atoms with E-state index in [1.165, 1.54) is 12.8 Å². The Morgan fingerprint density at radius 3 is 2.76 bits per heavy atom. The Balaban J connectivity index is 1.79. The molecule has 5 nitrogen and oxygen atoms in total. The standard InChI is InChI=1S/C16H26N4O/c1-2-10-19(12-13-5-7-17-8-6-13)15-16(21)20(11-9-18-15)14-3-4-14/h9,11,13-14,17H,2-8,10,12H2,1H3. The Labute approximate surface area is 126 Å². The van der Waals surface area contributed by atoms with E-state index in [9.17, 15) is 4.79 Å². The van der Waals surface area contributed by atoms with Crippen molar-refractivity contribution in [1.82, 2.24) is 14.9 Å². The fraction of sp³-hybridized carbons (Fsp3) is 0.750. The minimum atomic E-state index is 0.0994. The first-order valence-electron chi connectivity index (χ1n) is 8.32. The monoisotopic (exact) mass is 290 g/mol. The van der Waals surface area contributed by atoms with Crippen molar-refractivity contribution in [3.8, 4) is 0 Å². The molecule has 0 aromatic carbocycles. The first kappa shape index (κ1) is 14.6. The molecule has 1 aliphatic heterocycles. The molecule has 1 aromatic heterocycles. The first-order valence-corrected chi connectivity index (χ1v) is 8.32. The van der Waals surface area contributed by atoms with Crippen LogP contribution in [0.25, 0.3) is 0 Å². The van der Waals surface area contributed by atoms with Crippen LogP contribution in [0.1, 0.15) is 45.1 Å². The summed E-state index contributed by atoms with van der Waals surface area (Å²) < 4.78 is 1.88. The minimum Gasteiger partial charge on any atom is -0.352 e. The molecular formula is C16H26N4O. The van der Waals surface area contributed by atoms with E-state index in [1.807, 2.05) is 10.8 Å². The van der Waals surface area contributed by atoms with E-state index in [-0.39, 0.29) is 5.56 Å². The normalized spacial score (nSPS) is 19.7. The third-order valence-electron chi connectivity index (χ3n) is 4.52. The zero-order valence-corrected chi connectivity index (χ0v) is 12.9. The Bertz CT molecular complexity index is 517. The zero-order valence-electron chi connectivity index (χ0n) is 12.9. The predicted molar refractivity (Wildman–Crippen MR) is 84.9 cm³/mol. The van der Waals surface area contributed by atoms with Crippen molar-refractivity contribution in [1.29, 1.82) is 0 Å². The van der Waals surface area contributed by atoms with E-state index >= 15 is 0 Å². The molecule has 1 aromatic rings. The van der Waals surface area contributed by atoms with E-state index in [0.29, 0.717) is 17.8 Å². The maximum absolute atomic E-state index is 12.7. The van der Waals surface area contributed by atoms with Gasteiger partial charge in [-0.3, -0.25) is 4.79 Å². The second kappa shape index (κ2) is 6.60. The molecule has 0 radical (unpaired) electrons. The number of nitrogens with one attached hydrogen (secondary N) is 1. The fourth-order valence-electron chi connectivity index (χ4n) is 3.20. The van der Waals surface area contributed by atoms with Crippen LogP contribution in [0.2, 0.25) is 0 Å². The Morgan fingerprint density at radius 2 is 2.10 bits per heavy atom. The second-order valence-electron chi connectivity index (χ2n) is 6.33. The van der Waals surface area contributed by atoms with E-state index in [2.05, 4.69) is 22.1 Å². The van der Waals surface area contributed by atoms with Crippen molar-refractivity contribution < 1.29 is 0 Å². The molecule has 2 fully saturated rings. The van der Waals surface area contributed by atoms with Crippen molar-refractivity contribution in [2.45, 2.75) is 45.1 Å². The first-order chi connectivity index (χ1) is 10.3. The van der Waals surface area contributed by atoms with Gasteiger partial charge in [0.05, 0.1) is 0 Å². The maximum atomic E-state index is 12.7. The highest BCUT2D eigenvalue weighted by Crippen LogP contribution is 2.33. The zero-order chi connectivity index (χ0) is 14.7. The molecule has 116 valence electrons. The summed E-state index contributed by atoms with van der Waals surface area (Å²) in [6.07, 6.45) is 9.34. The molecule has 2 aliphatic rings. The summed E-state index contributed by atoms with van der Waals surface area (Å²) in [5.74, 6) is 1.33. The van der Waals surface area contributed by atoms with Gasteiger partial charge in [-0.25, -0.2) is 4.98 Å². The molecule has 2 heterocycles.